The van der Waals surface area contributed by atoms with Crippen LogP contribution < -0.4 is 18.9 Å². The van der Waals surface area contributed by atoms with Crippen LogP contribution in [0.5, 0.6) is 23.0 Å². The number of para-hydroxylation sites is 1. The molecule has 0 saturated carbocycles. The fourth-order valence-electron chi connectivity index (χ4n) is 2.51. The van der Waals surface area contributed by atoms with E-state index in [0.29, 0.717) is 33.0 Å². The Morgan fingerprint density at radius 1 is 1.00 bits per heavy atom. The molecule has 0 radical (unpaired) electrons. The first-order chi connectivity index (χ1) is 11.6. The Bertz CT molecular complexity index is 842. The smallest absolute Gasteiger partial charge is 0.235 e. The normalized spacial score (nSPS) is 14.3. The third-order valence-electron chi connectivity index (χ3n) is 3.68. The third kappa shape index (κ3) is 2.63. The number of halogens is 1. The molecule has 6 heteroatoms. The summed E-state index contributed by atoms with van der Waals surface area (Å²) in [4.78, 5) is 12.8. The molecule has 0 aliphatic carbocycles. The molecule has 1 heterocycles. The zero-order chi connectivity index (χ0) is 17.3. The number of ether oxygens (including phenoxy) is 4. The Kier molecular flexibility index (Phi) is 4.49. The molecule has 1 aliphatic rings. The van der Waals surface area contributed by atoms with Crippen molar-refractivity contribution >= 4 is 27.8 Å². The minimum absolute atomic E-state index is 0.196. The van der Waals surface area contributed by atoms with Crippen LogP contribution in [0.3, 0.4) is 0 Å². The minimum atomic E-state index is -0.254. The lowest BCUT2D eigenvalue weighted by Crippen LogP contribution is -2.00. The topological polar surface area (TPSA) is 54.0 Å². The molecule has 0 spiro atoms. The molecule has 124 valence electrons. The molecule has 0 N–H and O–H groups in total. The summed E-state index contributed by atoms with van der Waals surface area (Å²) >= 11 is 3.41. The number of Topliss-reactive ketones (excluding diaryl/α,β-unsaturated/α-hetero) is 1. The summed E-state index contributed by atoms with van der Waals surface area (Å²) in [5, 5.41) is 0. The summed E-state index contributed by atoms with van der Waals surface area (Å²) < 4.78 is 22.3. The second-order valence-corrected chi connectivity index (χ2v) is 5.77. The van der Waals surface area contributed by atoms with Crippen molar-refractivity contribution in [2.45, 2.75) is 0 Å². The van der Waals surface area contributed by atoms with Gasteiger partial charge in [0.1, 0.15) is 27.3 Å². The Labute approximate surface area is 147 Å². The highest BCUT2D eigenvalue weighted by atomic mass is 79.9. The van der Waals surface area contributed by atoms with E-state index in [1.54, 1.807) is 19.3 Å². The molecule has 2 aromatic carbocycles. The highest BCUT2D eigenvalue weighted by Crippen LogP contribution is 2.48. The van der Waals surface area contributed by atoms with Gasteiger partial charge in [0.15, 0.2) is 11.5 Å². The first-order valence-electron chi connectivity index (χ1n) is 7.12. The number of allylic oxidation sites excluding steroid dienone is 1. The van der Waals surface area contributed by atoms with Crippen molar-refractivity contribution in [3.05, 3.63) is 51.7 Å². The van der Waals surface area contributed by atoms with Crippen LogP contribution in [0.2, 0.25) is 0 Å². The number of ketones is 1. The van der Waals surface area contributed by atoms with Gasteiger partial charge in [-0.3, -0.25) is 4.79 Å². The van der Waals surface area contributed by atoms with Crippen LogP contribution in [0.4, 0.5) is 0 Å². The number of carbonyl (C=O) groups excluding carboxylic acids is 1. The maximum Gasteiger partial charge on any atom is 0.235 e. The molecule has 0 amide bonds. The molecule has 1 aliphatic heterocycles. The second kappa shape index (κ2) is 6.57. The van der Waals surface area contributed by atoms with Gasteiger partial charge in [0.05, 0.1) is 21.3 Å². The second-order valence-electron chi connectivity index (χ2n) is 4.98. The maximum atomic E-state index is 12.8. The zero-order valence-electron chi connectivity index (χ0n) is 13.4. The number of fused-ring (bicyclic) bond motifs is 1. The van der Waals surface area contributed by atoms with Gasteiger partial charge in [0, 0.05) is 11.6 Å². The summed E-state index contributed by atoms with van der Waals surface area (Å²) in [5.74, 6) is 1.91. The van der Waals surface area contributed by atoms with E-state index in [0.717, 1.165) is 5.56 Å². The van der Waals surface area contributed by atoms with Crippen molar-refractivity contribution in [2.24, 2.45) is 0 Å². The standard InChI is InChI=1S/C18H15BrO5/c1-21-11-7-5-4-6-10(11)8-14-17(20)15-12(22-2)9-13(23-3)16(19)18(15)24-14/h4-9H,1-3H3. The molecule has 0 fully saturated rings. The highest BCUT2D eigenvalue weighted by molar-refractivity contribution is 9.10. The van der Waals surface area contributed by atoms with Crippen molar-refractivity contribution in [3.8, 4) is 23.0 Å². The van der Waals surface area contributed by atoms with Crippen LogP contribution in [-0.4, -0.2) is 27.1 Å². The highest BCUT2D eigenvalue weighted by Gasteiger charge is 2.35. The summed E-state index contributed by atoms with van der Waals surface area (Å²) in [6.07, 6.45) is 1.65. The molecule has 0 saturated heterocycles. The quantitative estimate of drug-likeness (QED) is 0.735. The predicted molar refractivity (Wildman–Crippen MR) is 93.2 cm³/mol. The van der Waals surface area contributed by atoms with Gasteiger partial charge in [-0.25, -0.2) is 0 Å². The SMILES string of the molecule is COc1ccccc1C=C1Oc2c(Br)c(OC)cc(OC)c2C1=O. The third-order valence-corrected chi connectivity index (χ3v) is 4.43. The lowest BCUT2D eigenvalue weighted by molar-refractivity contribution is 0.101. The molecular weight excluding hydrogens is 376 g/mol. The van der Waals surface area contributed by atoms with Crippen LogP contribution >= 0.6 is 15.9 Å². The predicted octanol–water partition coefficient (Wildman–Crippen LogP) is 4.09. The van der Waals surface area contributed by atoms with E-state index in [1.807, 2.05) is 24.3 Å². The van der Waals surface area contributed by atoms with Gasteiger partial charge in [0.25, 0.3) is 0 Å². The summed E-state index contributed by atoms with van der Waals surface area (Å²) in [6, 6.07) is 9.03. The average Bonchev–Trinajstić information content (AvgIpc) is 2.93. The average molecular weight is 391 g/mol. The van der Waals surface area contributed by atoms with E-state index in [9.17, 15) is 4.79 Å². The van der Waals surface area contributed by atoms with E-state index in [2.05, 4.69) is 15.9 Å². The van der Waals surface area contributed by atoms with Crippen LogP contribution in [-0.2, 0) is 0 Å². The van der Waals surface area contributed by atoms with E-state index < -0.39 is 0 Å². The fraction of sp³-hybridized carbons (Fsp3) is 0.167. The van der Waals surface area contributed by atoms with Gasteiger partial charge >= 0.3 is 0 Å². The molecule has 2 aromatic rings. The van der Waals surface area contributed by atoms with E-state index >= 15 is 0 Å². The molecular formula is C18H15BrO5. The molecule has 0 unspecified atom stereocenters. The Balaban J connectivity index is 2.11. The summed E-state index contributed by atoms with van der Waals surface area (Å²) in [7, 11) is 4.61. The first-order valence-corrected chi connectivity index (χ1v) is 7.91. The van der Waals surface area contributed by atoms with Crippen molar-refractivity contribution in [1.82, 2.24) is 0 Å². The first kappa shape index (κ1) is 16.4. The number of rotatable bonds is 4. The Morgan fingerprint density at radius 2 is 1.67 bits per heavy atom. The van der Waals surface area contributed by atoms with E-state index in [-0.39, 0.29) is 11.5 Å². The van der Waals surface area contributed by atoms with Crippen molar-refractivity contribution in [3.63, 3.8) is 0 Å². The number of methoxy groups -OCH3 is 3. The minimum Gasteiger partial charge on any atom is -0.496 e. The van der Waals surface area contributed by atoms with Crippen molar-refractivity contribution < 1.29 is 23.7 Å². The van der Waals surface area contributed by atoms with Gasteiger partial charge in [-0.05, 0) is 28.1 Å². The monoisotopic (exact) mass is 390 g/mol. The number of carbonyl (C=O) groups is 1. The molecule has 0 aromatic heterocycles. The fourth-order valence-corrected chi connectivity index (χ4v) is 3.07. The number of hydrogen-bond donors (Lipinski definition) is 0. The van der Waals surface area contributed by atoms with Crippen LogP contribution in [0, 0.1) is 0 Å². The van der Waals surface area contributed by atoms with Crippen molar-refractivity contribution in [2.75, 3.05) is 21.3 Å². The largest absolute Gasteiger partial charge is 0.496 e. The van der Waals surface area contributed by atoms with Gasteiger partial charge in [-0.15, -0.1) is 0 Å². The van der Waals surface area contributed by atoms with Gasteiger partial charge in [-0.1, -0.05) is 18.2 Å². The summed E-state index contributed by atoms with van der Waals surface area (Å²) in [6.45, 7) is 0. The van der Waals surface area contributed by atoms with E-state index in [4.69, 9.17) is 18.9 Å². The lowest BCUT2D eigenvalue weighted by Gasteiger charge is -2.10. The van der Waals surface area contributed by atoms with Crippen LogP contribution in [0.1, 0.15) is 15.9 Å². The summed E-state index contributed by atoms with van der Waals surface area (Å²) in [5.41, 5.74) is 1.12. The van der Waals surface area contributed by atoms with Crippen LogP contribution in [0.25, 0.3) is 6.08 Å². The molecule has 0 atom stereocenters. The van der Waals surface area contributed by atoms with E-state index in [1.165, 1.54) is 14.2 Å². The van der Waals surface area contributed by atoms with Gasteiger partial charge in [-0.2, -0.15) is 0 Å². The van der Waals surface area contributed by atoms with Crippen molar-refractivity contribution in [1.29, 1.82) is 0 Å². The molecule has 0 bridgehead atoms. The molecule has 24 heavy (non-hydrogen) atoms. The molecule has 3 rings (SSSR count). The number of hydrogen-bond acceptors (Lipinski definition) is 5. The number of benzene rings is 2. The maximum absolute atomic E-state index is 12.8. The van der Waals surface area contributed by atoms with Gasteiger partial charge in [0.2, 0.25) is 5.78 Å². The Morgan fingerprint density at radius 3 is 2.33 bits per heavy atom. The molecule has 5 nitrogen and oxygen atoms in total. The lowest BCUT2D eigenvalue weighted by atomic mass is 10.1. The Hall–Kier alpha value is -2.47. The van der Waals surface area contributed by atoms with Crippen LogP contribution in [0.15, 0.2) is 40.6 Å². The van der Waals surface area contributed by atoms with Gasteiger partial charge < -0.3 is 18.9 Å². The zero-order valence-corrected chi connectivity index (χ0v) is 15.0.